The summed E-state index contributed by atoms with van der Waals surface area (Å²) in [7, 11) is 0. The molecule has 0 radical (unpaired) electrons. The lowest BCUT2D eigenvalue weighted by molar-refractivity contribution is 1.29. The minimum Gasteiger partial charge on any atom is -0.344 e. The fourth-order valence-corrected chi connectivity index (χ4v) is 1.59. The van der Waals surface area contributed by atoms with Crippen LogP contribution in [0.1, 0.15) is 0 Å². The molecular formula is C11H8N4. The molecule has 0 amide bonds. The van der Waals surface area contributed by atoms with Crippen molar-refractivity contribution in [1.82, 2.24) is 19.9 Å². The van der Waals surface area contributed by atoms with Gasteiger partial charge < -0.3 is 4.98 Å². The van der Waals surface area contributed by atoms with E-state index in [1.54, 1.807) is 24.9 Å². The Bertz CT molecular complexity index is 586. The third kappa shape index (κ3) is 1.27. The SMILES string of the molecule is c1cc(-c2nccc3[nH]cnc23)ccn1. The molecule has 0 aliphatic carbocycles. The van der Waals surface area contributed by atoms with Crippen LogP contribution in [0, 0.1) is 0 Å². The zero-order chi connectivity index (χ0) is 10.1. The predicted molar refractivity (Wildman–Crippen MR) is 57.1 cm³/mol. The Morgan fingerprint density at radius 1 is 0.933 bits per heavy atom. The van der Waals surface area contributed by atoms with Crippen LogP contribution in [0.5, 0.6) is 0 Å². The second kappa shape index (κ2) is 3.16. The Kier molecular flexibility index (Phi) is 1.71. The summed E-state index contributed by atoms with van der Waals surface area (Å²) in [5.41, 5.74) is 3.80. The first-order valence-corrected chi connectivity index (χ1v) is 4.63. The van der Waals surface area contributed by atoms with E-state index >= 15 is 0 Å². The van der Waals surface area contributed by atoms with Gasteiger partial charge in [0.05, 0.1) is 17.5 Å². The van der Waals surface area contributed by atoms with Gasteiger partial charge in [-0.2, -0.15) is 0 Å². The van der Waals surface area contributed by atoms with E-state index in [9.17, 15) is 0 Å². The highest BCUT2D eigenvalue weighted by atomic mass is 14.9. The first kappa shape index (κ1) is 8.11. The molecular weight excluding hydrogens is 188 g/mol. The van der Waals surface area contributed by atoms with Crippen LogP contribution in [0.3, 0.4) is 0 Å². The minimum absolute atomic E-state index is 0.885. The second-order valence-electron chi connectivity index (χ2n) is 3.19. The fraction of sp³-hybridized carbons (Fsp3) is 0. The maximum Gasteiger partial charge on any atom is 0.114 e. The largest absolute Gasteiger partial charge is 0.344 e. The molecule has 0 atom stereocenters. The molecule has 3 heterocycles. The molecule has 4 heteroatoms. The maximum absolute atomic E-state index is 4.34. The molecule has 0 saturated carbocycles. The van der Waals surface area contributed by atoms with Crippen molar-refractivity contribution in [3.8, 4) is 11.3 Å². The molecule has 0 bridgehead atoms. The highest BCUT2D eigenvalue weighted by molar-refractivity contribution is 5.88. The summed E-state index contributed by atoms with van der Waals surface area (Å²) in [5.74, 6) is 0. The van der Waals surface area contributed by atoms with Gasteiger partial charge in [-0.1, -0.05) is 0 Å². The summed E-state index contributed by atoms with van der Waals surface area (Å²) < 4.78 is 0. The molecule has 0 spiro atoms. The minimum atomic E-state index is 0.885. The number of nitrogens with zero attached hydrogens (tertiary/aromatic N) is 3. The quantitative estimate of drug-likeness (QED) is 0.647. The molecule has 0 aliphatic rings. The van der Waals surface area contributed by atoms with Gasteiger partial charge in [0.25, 0.3) is 0 Å². The van der Waals surface area contributed by atoms with Crippen LogP contribution in [0.4, 0.5) is 0 Å². The molecule has 0 fully saturated rings. The van der Waals surface area contributed by atoms with E-state index in [4.69, 9.17) is 0 Å². The first-order chi connectivity index (χ1) is 7.45. The van der Waals surface area contributed by atoms with Crippen molar-refractivity contribution in [3.05, 3.63) is 43.1 Å². The third-order valence-corrected chi connectivity index (χ3v) is 2.29. The lowest BCUT2D eigenvalue weighted by Crippen LogP contribution is -1.85. The van der Waals surface area contributed by atoms with Crippen molar-refractivity contribution >= 4 is 11.0 Å². The molecule has 0 saturated heterocycles. The van der Waals surface area contributed by atoms with E-state index in [0.29, 0.717) is 0 Å². The molecule has 0 aliphatic heterocycles. The van der Waals surface area contributed by atoms with Gasteiger partial charge in [-0.25, -0.2) is 4.98 Å². The number of aromatic amines is 1. The van der Waals surface area contributed by atoms with Gasteiger partial charge in [0.2, 0.25) is 0 Å². The van der Waals surface area contributed by atoms with E-state index < -0.39 is 0 Å². The van der Waals surface area contributed by atoms with Crippen molar-refractivity contribution in [3.63, 3.8) is 0 Å². The van der Waals surface area contributed by atoms with Gasteiger partial charge >= 0.3 is 0 Å². The van der Waals surface area contributed by atoms with Gasteiger partial charge in [-0.3, -0.25) is 9.97 Å². The molecule has 3 rings (SSSR count). The van der Waals surface area contributed by atoms with E-state index in [0.717, 1.165) is 22.3 Å². The topological polar surface area (TPSA) is 54.5 Å². The lowest BCUT2D eigenvalue weighted by atomic mass is 10.1. The Labute approximate surface area is 86.0 Å². The molecule has 72 valence electrons. The van der Waals surface area contributed by atoms with E-state index in [1.165, 1.54) is 0 Å². The number of rotatable bonds is 1. The summed E-state index contributed by atoms with van der Waals surface area (Å²) >= 11 is 0. The zero-order valence-electron chi connectivity index (χ0n) is 7.88. The lowest BCUT2D eigenvalue weighted by Gasteiger charge is -1.99. The molecule has 0 unspecified atom stereocenters. The van der Waals surface area contributed by atoms with Gasteiger partial charge in [0.1, 0.15) is 5.52 Å². The number of H-pyrrole nitrogens is 1. The molecule has 3 aromatic heterocycles. The van der Waals surface area contributed by atoms with E-state index in [1.807, 2.05) is 18.2 Å². The van der Waals surface area contributed by atoms with Gasteiger partial charge in [0, 0.05) is 24.2 Å². The fourth-order valence-electron chi connectivity index (χ4n) is 1.59. The summed E-state index contributed by atoms with van der Waals surface area (Å²) in [6, 6.07) is 5.76. The summed E-state index contributed by atoms with van der Waals surface area (Å²) in [6.07, 6.45) is 6.96. The number of aromatic nitrogens is 4. The number of imidazole rings is 1. The van der Waals surface area contributed by atoms with Crippen LogP contribution >= 0.6 is 0 Å². The average molecular weight is 196 g/mol. The van der Waals surface area contributed by atoms with Crippen LogP contribution in [0.2, 0.25) is 0 Å². The molecule has 3 aromatic rings. The van der Waals surface area contributed by atoms with Crippen LogP contribution < -0.4 is 0 Å². The number of hydrogen-bond donors (Lipinski definition) is 1. The average Bonchev–Trinajstić information content (AvgIpc) is 2.78. The first-order valence-electron chi connectivity index (χ1n) is 4.63. The molecule has 15 heavy (non-hydrogen) atoms. The van der Waals surface area contributed by atoms with Crippen LogP contribution in [-0.2, 0) is 0 Å². The van der Waals surface area contributed by atoms with Crippen LogP contribution in [0.25, 0.3) is 22.3 Å². The maximum atomic E-state index is 4.34. The highest BCUT2D eigenvalue weighted by Crippen LogP contribution is 2.22. The van der Waals surface area contributed by atoms with Crippen molar-refractivity contribution in [2.45, 2.75) is 0 Å². The molecule has 1 N–H and O–H groups in total. The van der Waals surface area contributed by atoms with Gasteiger partial charge in [-0.15, -0.1) is 0 Å². The summed E-state index contributed by atoms with van der Waals surface area (Å²) in [5, 5.41) is 0. The highest BCUT2D eigenvalue weighted by Gasteiger charge is 2.06. The predicted octanol–water partition coefficient (Wildman–Crippen LogP) is 2.02. The van der Waals surface area contributed by atoms with Crippen LogP contribution in [-0.4, -0.2) is 19.9 Å². The Morgan fingerprint density at radius 3 is 2.67 bits per heavy atom. The summed E-state index contributed by atoms with van der Waals surface area (Å²) in [6.45, 7) is 0. The monoisotopic (exact) mass is 196 g/mol. The van der Waals surface area contributed by atoms with Gasteiger partial charge in [0.15, 0.2) is 0 Å². The summed E-state index contributed by atoms with van der Waals surface area (Å²) in [4.78, 5) is 15.6. The Balaban J connectivity index is 2.31. The van der Waals surface area contributed by atoms with Crippen molar-refractivity contribution in [1.29, 1.82) is 0 Å². The normalized spacial score (nSPS) is 10.7. The smallest absolute Gasteiger partial charge is 0.114 e. The Hall–Kier alpha value is -2.23. The number of nitrogens with one attached hydrogen (secondary N) is 1. The van der Waals surface area contributed by atoms with E-state index in [2.05, 4.69) is 19.9 Å². The van der Waals surface area contributed by atoms with Crippen LogP contribution in [0.15, 0.2) is 43.1 Å². The van der Waals surface area contributed by atoms with Crippen molar-refractivity contribution in [2.24, 2.45) is 0 Å². The third-order valence-electron chi connectivity index (χ3n) is 2.29. The molecule has 4 nitrogen and oxygen atoms in total. The molecule has 0 aromatic carbocycles. The van der Waals surface area contributed by atoms with Gasteiger partial charge in [-0.05, 0) is 18.2 Å². The van der Waals surface area contributed by atoms with E-state index in [-0.39, 0.29) is 0 Å². The Morgan fingerprint density at radius 2 is 1.80 bits per heavy atom. The number of hydrogen-bond acceptors (Lipinski definition) is 3. The zero-order valence-corrected chi connectivity index (χ0v) is 7.88. The second-order valence-corrected chi connectivity index (χ2v) is 3.19. The standard InChI is InChI=1S/C11H8N4/c1-4-12-5-2-8(1)10-11-9(3-6-13-10)14-7-15-11/h1-7H,(H,14,15). The number of fused-ring (bicyclic) bond motifs is 1. The van der Waals surface area contributed by atoms with Crippen molar-refractivity contribution in [2.75, 3.05) is 0 Å². The number of pyridine rings is 2. The van der Waals surface area contributed by atoms with Crippen molar-refractivity contribution < 1.29 is 0 Å².